The Morgan fingerprint density at radius 3 is 2.81 bits per heavy atom. The van der Waals surface area contributed by atoms with E-state index in [1.807, 2.05) is 6.07 Å². The van der Waals surface area contributed by atoms with Crippen LogP contribution in [0.5, 0.6) is 0 Å². The van der Waals surface area contributed by atoms with Crippen LogP contribution in [-0.4, -0.2) is 24.4 Å². The molecule has 0 saturated carbocycles. The smallest absolute Gasteiger partial charge is 0.253 e. The highest BCUT2D eigenvalue weighted by Gasteiger charge is 2.12. The molecular formula is C11H10BrFN2O. The molecule has 1 amide bonds. The highest BCUT2D eigenvalue weighted by Crippen LogP contribution is 2.16. The molecule has 0 unspecified atom stereocenters. The summed E-state index contributed by atoms with van der Waals surface area (Å²) in [5.74, 6) is -0.762. The fourth-order valence-corrected chi connectivity index (χ4v) is 1.68. The molecule has 0 heterocycles. The summed E-state index contributed by atoms with van der Waals surface area (Å²) >= 11 is 3.12. The van der Waals surface area contributed by atoms with Crippen LogP contribution in [0.2, 0.25) is 0 Å². The summed E-state index contributed by atoms with van der Waals surface area (Å²) in [5.41, 5.74) is 0.271. The van der Waals surface area contributed by atoms with Crippen LogP contribution >= 0.6 is 15.9 Å². The summed E-state index contributed by atoms with van der Waals surface area (Å²) in [6.45, 7) is 0.337. The van der Waals surface area contributed by atoms with Crippen molar-refractivity contribution in [2.45, 2.75) is 6.42 Å². The second-order valence-corrected chi connectivity index (χ2v) is 4.21. The summed E-state index contributed by atoms with van der Waals surface area (Å²) in [6.07, 6.45) is 0.263. The lowest BCUT2D eigenvalue weighted by Gasteiger charge is -2.15. The number of rotatable bonds is 3. The van der Waals surface area contributed by atoms with E-state index in [2.05, 4.69) is 15.9 Å². The number of hydrogen-bond acceptors (Lipinski definition) is 2. The maximum absolute atomic E-state index is 13.1. The van der Waals surface area contributed by atoms with Crippen molar-refractivity contribution in [3.63, 3.8) is 0 Å². The largest absolute Gasteiger partial charge is 0.341 e. The minimum atomic E-state index is -0.466. The van der Waals surface area contributed by atoms with Crippen LogP contribution in [0.15, 0.2) is 22.7 Å². The van der Waals surface area contributed by atoms with Gasteiger partial charge in [0, 0.05) is 23.6 Å². The number of carbonyl (C=O) groups excluding carboxylic acids is 1. The molecule has 1 aromatic rings. The van der Waals surface area contributed by atoms with E-state index in [-0.39, 0.29) is 17.9 Å². The predicted octanol–water partition coefficient (Wildman–Crippen LogP) is 2.57. The van der Waals surface area contributed by atoms with Gasteiger partial charge in [0.05, 0.1) is 12.5 Å². The van der Waals surface area contributed by atoms with Crippen molar-refractivity contribution in [2.75, 3.05) is 13.6 Å². The fourth-order valence-electron chi connectivity index (χ4n) is 1.22. The molecule has 0 aliphatic carbocycles. The van der Waals surface area contributed by atoms with Crippen molar-refractivity contribution in [3.8, 4) is 6.07 Å². The third-order valence-electron chi connectivity index (χ3n) is 2.02. The standard InChI is InChI=1S/C11H10BrFN2O/c1-15(4-2-3-14)11(16)8-5-9(12)7-10(13)6-8/h5-7H,2,4H2,1H3. The fraction of sp³-hybridized carbons (Fsp3) is 0.273. The Labute approximate surface area is 102 Å². The number of amides is 1. The van der Waals surface area contributed by atoms with Gasteiger partial charge in [-0.2, -0.15) is 5.26 Å². The van der Waals surface area contributed by atoms with Gasteiger partial charge in [-0.15, -0.1) is 0 Å². The van der Waals surface area contributed by atoms with Gasteiger partial charge in [-0.05, 0) is 18.2 Å². The Morgan fingerprint density at radius 2 is 2.25 bits per heavy atom. The molecule has 0 aromatic heterocycles. The van der Waals surface area contributed by atoms with E-state index >= 15 is 0 Å². The van der Waals surface area contributed by atoms with Crippen LogP contribution in [0.4, 0.5) is 4.39 Å². The molecule has 0 spiro atoms. The Bertz CT molecular complexity index is 422. The number of nitrogens with zero attached hydrogens (tertiary/aromatic N) is 2. The quantitative estimate of drug-likeness (QED) is 0.856. The van der Waals surface area contributed by atoms with Gasteiger partial charge in [-0.25, -0.2) is 4.39 Å². The summed E-state index contributed by atoms with van der Waals surface area (Å²) in [5, 5.41) is 8.40. The summed E-state index contributed by atoms with van der Waals surface area (Å²) in [6, 6.07) is 5.96. The first-order valence-corrected chi connectivity index (χ1v) is 5.42. The third kappa shape index (κ3) is 3.31. The molecule has 3 nitrogen and oxygen atoms in total. The second kappa shape index (κ2) is 5.61. The normalized spacial score (nSPS) is 9.62. The first-order chi connectivity index (χ1) is 7.54. The first kappa shape index (κ1) is 12.7. The number of nitriles is 1. The van der Waals surface area contributed by atoms with Crippen LogP contribution in [0.1, 0.15) is 16.8 Å². The van der Waals surface area contributed by atoms with Gasteiger partial charge in [-0.1, -0.05) is 15.9 Å². The van der Waals surface area contributed by atoms with Crippen molar-refractivity contribution in [2.24, 2.45) is 0 Å². The predicted molar refractivity (Wildman–Crippen MR) is 61.3 cm³/mol. The average Bonchev–Trinajstić information content (AvgIpc) is 2.23. The molecule has 1 aromatic carbocycles. The van der Waals surface area contributed by atoms with E-state index in [1.165, 1.54) is 17.0 Å². The topological polar surface area (TPSA) is 44.1 Å². The van der Waals surface area contributed by atoms with Gasteiger partial charge in [0.25, 0.3) is 5.91 Å². The summed E-state index contributed by atoms with van der Waals surface area (Å²) in [7, 11) is 1.58. The maximum atomic E-state index is 13.1. The number of hydrogen-bond donors (Lipinski definition) is 0. The van der Waals surface area contributed by atoms with Crippen LogP contribution < -0.4 is 0 Å². The zero-order valence-electron chi connectivity index (χ0n) is 8.70. The van der Waals surface area contributed by atoms with Crippen LogP contribution in [0.25, 0.3) is 0 Å². The van der Waals surface area contributed by atoms with Gasteiger partial charge in [-0.3, -0.25) is 4.79 Å². The van der Waals surface area contributed by atoms with Crippen molar-refractivity contribution in [1.29, 1.82) is 5.26 Å². The third-order valence-corrected chi connectivity index (χ3v) is 2.47. The molecule has 1 rings (SSSR count). The lowest BCUT2D eigenvalue weighted by atomic mass is 10.2. The van der Waals surface area contributed by atoms with Gasteiger partial charge in [0.15, 0.2) is 0 Å². The number of halogens is 2. The average molecular weight is 285 g/mol. The molecule has 84 valence electrons. The zero-order chi connectivity index (χ0) is 12.1. The summed E-state index contributed by atoms with van der Waals surface area (Å²) < 4.78 is 13.6. The Kier molecular flexibility index (Phi) is 4.44. The first-order valence-electron chi connectivity index (χ1n) is 4.63. The lowest BCUT2D eigenvalue weighted by Crippen LogP contribution is -2.27. The summed E-state index contributed by atoms with van der Waals surface area (Å²) in [4.78, 5) is 13.2. The van der Waals surface area contributed by atoms with E-state index in [4.69, 9.17) is 5.26 Å². The van der Waals surface area contributed by atoms with E-state index < -0.39 is 5.82 Å². The monoisotopic (exact) mass is 284 g/mol. The van der Waals surface area contributed by atoms with Crippen molar-refractivity contribution in [3.05, 3.63) is 34.1 Å². The van der Waals surface area contributed by atoms with Crippen molar-refractivity contribution in [1.82, 2.24) is 4.90 Å². The van der Waals surface area contributed by atoms with Crippen molar-refractivity contribution >= 4 is 21.8 Å². The molecule has 0 aliphatic heterocycles. The maximum Gasteiger partial charge on any atom is 0.253 e. The van der Waals surface area contributed by atoms with Crippen LogP contribution in [0.3, 0.4) is 0 Å². The minimum Gasteiger partial charge on any atom is -0.341 e. The zero-order valence-corrected chi connectivity index (χ0v) is 10.3. The highest BCUT2D eigenvalue weighted by atomic mass is 79.9. The molecule has 0 saturated heterocycles. The molecule has 5 heteroatoms. The second-order valence-electron chi connectivity index (χ2n) is 3.29. The van der Waals surface area contributed by atoms with Crippen LogP contribution in [0, 0.1) is 17.1 Å². The van der Waals surface area contributed by atoms with Gasteiger partial charge in [0.2, 0.25) is 0 Å². The SMILES string of the molecule is CN(CCC#N)C(=O)c1cc(F)cc(Br)c1. The van der Waals surface area contributed by atoms with Crippen molar-refractivity contribution < 1.29 is 9.18 Å². The van der Waals surface area contributed by atoms with Crippen LogP contribution in [-0.2, 0) is 0 Å². The molecular weight excluding hydrogens is 275 g/mol. The Morgan fingerprint density at radius 1 is 1.56 bits per heavy atom. The Balaban J connectivity index is 2.84. The van der Waals surface area contributed by atoms with E-state index in [0.717, 1.165) is 0 Å². The van der Waals surface area contributed by atoms with E-state index in [9.17, 15) is 9.18 Å². The molecule has 16 heavy (non-hydrogen) atoms. The highest BCUT2D eigenvalue weighted by molar-refractivity contribution is 9.10. The minimum absolute atomic E-state index is 0.263. The molecule has 0 aliphatic rings. The number of carbonyl (C=O) groups is 1. The molecule has 0 bridgehead atoms. The molecule has 0 fully saturated rings. The van der Waals surface area contributed by atoms with Gasteiger partial charge >= 0.3 is 0 Å². The number of benzene rings is 1. The van der Waals surface area contributed by atoms with E-state index in [0.29, 0.717) is 11.0 Å². The molecule has 0 N–H and O–H groups in total. The lowest BCUT2D eigenvalue weighted by molar-refractivity contribution is 0.0797. The van der Waals surface area contributed by atoms with E-state index in [1.54, 1.807) is 13.1 Å². The Hall–Kier alpha value is -1.41. The molecule has 0 atom stereocenters. The van der Waals surface area contributed by atoms with Gasteiger partial charge in [0.1, 0.15) is 5.82 Å². The van der Waals surface area contributed by atoms with Gasteiger partial charge < -0.3 is 4.90 Å². The molecule has 0 radical (unpaired) electrons.